The number of amides is 1. The van der Waals surface area contributed by atoms with E-state index in [1.165, 1.54) is 29.6 Å². The Balaban J connectivity index is 1.68. The monoisotopic (exact) mass is 494 g/mol. The topological polar surface area (TPSA) is 102 Å². The van der Waals surface area contributed by atoms with Crippen LogP contribution < -0.4 is 10.1 Å². The third-order valence-electron chi connectivity index (χ3n) is 5.55. The number of carbonyl (C=O) groups excluding carboxylic acids is 2. The molecule has 0 bridgehead atoms. The van der Waals surface area contributed by atoms with Gasteiger partial charge in [-0.1, -0.05) is 24.1 Å². The number of methoxy groups -OCH3 is 1. The smallest absolute Gasteiger partial charge is 0.338 e. The fourth-order valence-electron chi connectivity index (χ4n) is 3.70. The van der Waals surface area contributed by atoms with Crippen molar-refractivity contribution in [1.82, 2.24) is 4.31 Å². The molecule has 1 unspecified atom stereocenters. The molecule has 0 radical (unpaired) electrons. The molecule has 1 fully saturated rings. The summed E-state index contributed by atoms with van der Waals surface area (Å²) in [5.41, 5.74) is 1.07. The summed E-state index contributed by atoms with van der Waals surface area (Å²) in [6, 6.07) is 8.99. The number of nitrogens with zero attached hydrogens (tertiary/aromatic N) is 1. The quantitative estimate of drug-likeness (QED) is 0.583. The van der Waals surface area contributed by atoms with Crippen LogP contribution in [0.15, 0.2) is 41.3 Å². The van der Waals surface area contributed by atoms with Crippen LogP contribution in [0.3, 0.4) is 0 Å². The average molecular weight is 495 g/mol. The van der Waals surface area contributed by atoms with Gasteiger partial charge in [0.15, 0.2) is 6.61 Å². The van der Waals surface area contributed by atoms with E-state index in [1.54, 1.807) is 25.1 Å². The molecular weight excluding hydrogens is 468 g/mol. The zero-order chi connectivity index (χ0) is 24.2. The van der Waals surface area contributed by atoms with E-state index in [2.05, 4.69) is 5.32 Å². The number of halogens is 1. The lowest BCUT2D eigenvalue weighted by Crippen LogP contribution is -2.41. The van der Waals surface area contributed by atoms with Crippen molar-refractivity contribution in [3.05, 3.63) is 52.5 Å². The highest BCUT2D eigenvalue weighted by molar-refractivity contribution is 7.89. The highest BCUT2D eigenvalue weighted by Crippen LogP contribution is 2.28. The summed E-state index contributed by atoms with van der Waals surface area (Å²) in [4.78, 5) is 24.9. The number of nitrogens with one attached hydrogen (secondary N) is 1. The largest absolute Gasteiger partial charge is 0.495 e. The Morgan fingerprint density at radius 1 is 1.18 bits per heavy atom. The number of piperidine rings is 1. The average Bonchev–Trinajstić information content (AvgIpc) is 2.78. The normalized spacial score (nSPS) is 16.8. The summed E-state index contributed by atoms with van der Waals surface area (Å²) in [6.07, 6.45) is 2.59. The minimum absolute atomic E-state index is 0.0335. The van der Waals surface area contributed by atoms with Crippen molar-refractivity contribution in [3.8, 4) is 5.75 Å². The standard InChI is InChI=1S/C23H27ClN2O6S/c1-15-7-9-18(33(29,30)26-11-5-4-6-16(26)2)13-19(15)23(28)32-14-22(27)25-17-8-10-21(31-3)20(24)12-17/h7-10,12-13,16H,4-6,11,14H2,1-3H3,(H,25,27). The molecule has 8 nitrogen and oxygen atoms in total. The highest BCUT2D eigenvalue weighted by atomic mass is 35.5. The highest BCUT2D eigenvalue weighted by Gasteiger charge is 2.31. The SMILES string of the molecule is COc1ccc(NC(=O)COC(=O)c2cc(S(=O)(=O)N3CCCCC3C)ccc2C)cc1Cl. The number of rotatable bonds is 7. The maximum absolute atomic E-state index is 13.1. The van der Waals surface area contributed by atoms with E-state index in [0.717, 1.165) is 19.3 Å². The molecule has 1 heterocycles. The summed E-state index contributed by atoms with van der Waals surface area (Å²) >= 11 is 6.04. The van der Waals surface area contributed by atoms with Crippen molar-refractivity contribution in [2.75, 3.05) is 25.6 Å². The second-order valence-electron chi connectivity index (χ2n) is 7.91. The number of ether oxygens (including phenoxy) is 2. The molecule has 1 atom stereocenters. The van der Waals surface area contributed by atoms with E-state index in [9.17, 15) is 18.0 Å². The van der Waals surface area contributed by atoms with Crippen molar-refractivity contribution in [1.29, 1.82) is 0 Å². The molecule has 1 aliphatic heterocycles. The molecule has 1 aliphatic rings. The molecule has 33 heavy (non-hydrogen) atoms. The van der Waals surface area contributed by atoms with E-state index in [0.29, 0.717) is 28.6 Å². The number of aryl methyl sites for hydroxylation is 1. The van der Waals surface area contributed by atoms with E-state index < -0.39 is 28.5 Å². The van der Waals surface area contributed by atoms with Gasteiger partial charge in [0.1, 0.15) is 5.75 Å². The predicted molar refractivity (Wildman–Crippen MR) is 125 cm³/mol. The number of benzene rings is 2. The molecule has 1 amide bonds. The molecular formula is C23H27ClN2O6S. The molecule has 1 N–H and O–H groups in total. The summed E-state index contributed by atoms with van der Waals surface area (Å²) < 4.78 is 37.9. The van der Waals surface area contributed by atoms with E-state index in [4.69, 9.17) is 21.1 Å². The Hall–Kier alpha value is -2.62. The van der Waals surface area contributed by atoms with Crippen LogP contribution in [0, 0.1) is 6.92 Å². The maximum Gasteiger partial charge on any atom is 0.338 e. The van der Waals surface area contributed by atoms with Gasteiger partial charge in [-0.05, 0) is 62.6 Å². The second kappa shape index (κ2) is 10.5. The molecule has 2 aromatic carbocycles. The number of hydrogen-bond donors (Lipinski definition) is 1. The number of esters is 1. The van der Waals surface area contributed by atoms with Crippen molar-refractivity contribution < 1.29 is 27.5 Å². The van der Waals surface area contributed by atoms with Gasteiger partial charge in [0.25, 0.3) is 5.91 Å². The Labute approximate surface area is 198 Å². The van der Waals surface area contributed by atoms with Crippen molar-refractivity contribution in [3.63, 3.8) is 0 Å². The minimum Gasteiger partial charge on any atom is -0.495 e. The molecule has 2 aromatic rings. The zero-order valence-electron chi connectivity index (χ0n) is 18.8. The lowest BCUT2D eigenvalue weighted by Gasteiger charge is -2.32. The number of carbonyl (C=O) groups is 2. The zero-order valence-corrected chi connectivity index (χ0v) is 20.3. The third-order valence-corrected chi connectivity index (χ3v) is 7.85. The van der Waals surface area contributed by atoms with Gasteiger partial charge in [-0.3, -0.25) is 4.79 Å². The fraction of sp³-hybridized carbons (Fsp3) is 0.391. The molecule has 0 aromatic heterocycles. The maximum atomic E-state index is 13.1. The summed E-state index contributed by atoms with van der Waals surface area (Å²) in [5, 5.41) is 2.90. The van der Waals surface area contributed by atoms with Crippen LogP contribution in [-0.2, 0) is 19.6 Å². The van der Waals surface area contributed by atoms with Crippen molar-refractivity contribution in [2.45, 2.75) is 44.0 Å². The lowest BCUT2D eigenvalue weighted by atomic mass is 10.1. The van der Waals surface area contributed by atoms with Gasteiger partial charge < -0.3 is 14.8 Å². The first-order chi connectivity index (χ1) is 15.6. The van der Waals surface area contributed by atoms with Crippen LogP contribution in [0.2, 0.25) is 5.02 Å². The first kappa shape index (κ1) is 25.0. The molecule has 3 rings (SSSR count). The van der Waals surface area contributed by atoms with Crippen LogP contribution in [0.25, 0.3) is 0 Å². The van der Waals surface area contributed by atoms with Crippen molar-refractivity contribution in [2.24, 2.45) is 0 Å². The van der Waals surface area contributed by atoms with E-state index >= 15 is 0 Å². The van der Waals surface area contributed by atoms with Gasteiger partial charge in [0.05, 0.1) is 22.6 Å². The Bertz CT molecular complexity index is 1150. The molecule has 178 valence electrons. The Morgan fingerprint density at radius 2 is 1.94 bits per heavy atom. The third kappa shape index (κ3) is 5.85. The van der Waals surface area contributed by atoms with Gasteiger partial charge in [-0.2, -0.15) is 4.31 Å². The Kier molecular flexibility index (Phi) is 7.99. The van der Waals surface area contributed by atoms with Crippen LogP contribution in [0.5, 0.6) is 5.75 Å². The fourth-order valence-corrected chi connectivity index (χ4v) is 5.68. The van der Waals surface area contributed by atoms with Gasteiger partial charge >= 0.3 is 5.97 Å². The Morgan fingerprint density at radius 3 is 2.61 bits per heavy atom. The van der Waals surface area contributed by atoms with Crippen molar-refractivity contribution >= 4 is 39.2 Å². The first-order valence-electron chi connectivity index (χ1n) is 10.6. The molecule has 0 saturated carbocycles. The number of anilines is 1. The van der Waals surface area contributed by atoms with Gasteiger partial charge in [-0.25, -0.2) is 13.2 Å². The second-order valence-corrected chi connectivity index (χ2v) is 10.2. The van der Waals surface area contributed by atoms with Crippen LogP contribution >= 0.6 is 11.6 Å². The predicted octanol–water partition coefficient (Wildman–Crippen LogP) is 4.02. The van der Waals surface area contributed by atoms with E-state index in [-0.39, 0.29) is 16.5 Å². The molecule has 1 saturated heterocycles. The van der Waals surface area contributed by atoms with Gasteiger partial charge in [-0.15, -0.1) is 0 Å². The number of hydrogen-bond acceptors (Lipinski definition) is 6. The van der Waals surface area contributed by atoms with Gasteiger partial charge in [0.2, 0.25) is 10.0 Å². The molecule has 0 spiro atoms. The van der Waals surface area contributed by atoms with Crippen LogP contribution in [-0.4, -0.2) is 50.9 Å². The lowest BCUT2D eigenvalue weighted by molar-refractivity contribution is -0.119. The summed E-state index contributed by atoms with van der Waals surface area (Å²) in [7, 11) is -2.26. The molecule has 0 aliphatic carbocycles. The summed E-state index contributed by atoms with van der Waals surface area (Å²) in [6.45, 7) is 3.47. The first-order valence-corrected chi connectivity index (χ1v) is 12.4. The van der Waals surface area contributed by atoms with Crippen LogP contribution in [0.4, 0.5) is 5.69 Å². The molecule has 10 heteroatoms. The van der Waals surface area contributed by atoms with Crippen LogP contribution in [0.1, 0.15) is 42.1 Å². The van der Waals surface area contributed by atoms with E-state index in [1.807, 2.05) is 6.92 Å². The minimum atomic E-state index is -3.74. The van der Waals surface area contributed by atoms with Gasteiger partial charge in [0, 0.05) is 18.3 Å². The number of sulfonamides is 1. The summed E-state index contributed by atoms with van der Waals surface area (Å²) in [5.74, 6) is -0.877.